The van der Waals surface area contributed by atoms with E-state index >= 15 is 0 Å². The Morgan fingerprint density at radius 2 is 2.60 bits per heavy atom. The molecule has 52 valence electrons. The van der Waals surface area contributed by atoms with E-state index in [1.807, 2.05) is 6.07 Å². The van der Waals surface area contributed by atoms with Crippen molar-refractivity contribution in [2.45, 2.75) is 12.8 Å². The molecule has 0 aliphatic carbocycles. The molecule has 1 aromatic carbocycles. The van der Waals surface area contributed by atoms with Crippen LogP contribution in [0.15, 0.2) is 24.2 Å². The first-order chi connectivity index (χ1) is 5.77. The monoisotopic (exact) mass is 136 g/mol. The number of ether oxygens (including phenoxy) is 1. The van der Waals surface area contributed by atoms with E-state index in [1.165, 1.54) is 0 Å². The maximum Gasteiger partial charge on any atom is 0.122 e. The topological polar surface area (TPSA) is 9.23 Å². The fourth-order valence-corrected chi connectivity index (χ4v) is 1.10. The fourth-order valence-electron chi connectivity index (χ4n) is 1.10. The normalized spacial score (nSPS) is 25.8. The molecule has 10 heavy (non-hydrogen) atoms. The van der Waals surface area contributed by atoms with Gasteiger partial charge in [-0.15, -0.1) is 0 Å². The van der Waals surface area contributed by atoms with E-state index in [2.05, 4.69) is 0 Å². The van der Waals surface area contributed by atoms with Gasteiger partial charge < -0.3 is 4.74 Å². The number of aryl methyl sites for hydroxylation is 1. The van der Waals surface area contributed by atoms with Gasteiger partial charge in [0.2, 0.25) is 0 Å². The minimum atomic E-state index is -0.172. The minimum absolute atomic E-state index is 0.172. The van der Waals surface area contributed by atoms with E-state index in [0.717, 1.165) is 12.0 Å². The van der Waals surface area contributed by atoms with Crippen molar-refractivity contribution < 1.29 is 7.48 Å². The molecular weight excluding hydrogens is 124 g/mol. The summed E-state index contributed by atoms with van der Waals surface area (Å²) in [6, 6.07) is 5.64. The lowest BCUT2D eigenvalue weighted by Crippen LogP contribution is -2.07. The standard InChI is InChI=1S/C9H10O/c1-2-6-9-8(4-1)5-3-7-10-9/h1-2,4,6H,3,5,7H2/i2D,5D. The van der Waals surface area contributed by atoms with Crippen molar-refractivity contribution in [3.05, 3.63) is 29.8 Å². The molecule has 0 saturated carbocycles. The van der Waals surface area contributed by atoms with Gasteiger partial charge in [-0.05, 0) is 24.4 Å². The van der Waals surface area contributed by atoms with Crippen molar-refractivity contribution in [1.29, 1.82) is 0 Å². The average Bonchev–Trinajstić information content (AvgIpc) is 2.04. The van der Waals surface area contributed by atoms with Crippen molar-refractivity contribution in [2.75, 3.05) is 6.61 Å². The van der Waals surface area contributed by atoms with E-state index < -0.39 is 0 Å². The number of hydrogen-bond acceptors (Lipinski definition) is 1. The Hall–Kier alpha value is -0.980. The fraction of sp³-hybridized carbons (Fsp3) is 0.333. The summed E-state index contributed by atoms with van der Waals surface area (Å²) in [4.78, 5) is 0. The third-order valence-electron chi connectivity index (χ3n) is 1.60. The third-order valence-corrected chi connectivity index (χ3v) is 1.60. The molecule has 1 atom stereocenters. The zero-order valence-electron chi connectivity index (χ0n) is 7.63. The van der Waals surface area contributed by atoms with Crippen LogP contribution in [0.25, 0.3) is 0 Å². The Kier molecular flexibility index (Phi) is 0.936. The largest absolute Gasteiger partial charge is 0.493 e. The second-order valence-electron chi connectivity index (χ2n) is 2.31. The minimum Gasteiger partial charge on any atom is -0.493 e. The molecule has 2 rings (SSSR count). The van der Waals surface area contributed by atoms with Crippen LogP contribution < -0.4 is 4.74 Å². The highest BCUT2D eigenvalue weighted by atomic mass is 16.5. The predicted molar refractivity (Wildman–Crippen MR) is 40.3 cm³/mol. The summed E-state index contributed by atoms with van der Waals surface area (Å²) in [5.74, 6) is 0.716. The summed E-state index contributed by atoms with van der Waals surface area (Å²) >= 11 is 0. The molecule has 1 aromatic rings. The molecule has 0 bridgehead atoms. The summed E-state index contributed by atoms with van der Waals surface area (Å²) in [5, 5.41) is 0. The lowest BCUT2D eigenvalue weighted by Gasteiger charge is -2.15. The van der Waals surface area contributed by atoms with Crippen molar-refractivity contribution in [2.24, 2.45) is 0 Å². The second-order valence-corrected chi connectivity index (χ2v) is 2.31. The van der Waals surface area contributed by atoms with Gasteiger partial charge in [-0.2, -0.15) is 0 Å². The van der Waals surface area contributed by atoms with Gasteiger partial charge in [0.1, 0.15) is 5.75 Å². The zero-order valence-corrected chi connectivity index (χ0v) is 5.63. The smallest absolute Gasteiger partial charge is 0.122 e. The van der Waals surface area contributed by atoms with Gasteiger partial charge >= 0.3 is 0 Å². The summed E-state index contributed by atoms with van der Waals surface area (Å²) in [5.41, 5.74) is 0.914. The molecule has 1 aliphatic heterocycles. The van der Waals surface area contributed by atoms with Gasteiger partial charge in [0.25, 0.3) is 0 Å². The van der Waals surface area contributed by atoms with Gasteiger partial charge in [-0.3, -0.25) is 0 Å². The Morgan fingerprint density at radius 3 is 3.60 bits per heavy atom. The maximum absolute atomic E-state index is 7.68. The summed E-state index contributed by atoms with van der Waals surface area (Å²) in [7, 11) is 0. The highest BCUT2D eigenvalue weighted by Gasteiger charge is 2.06. The van der Waals surface area contributed by atoms with E-state index in [1.54, 1.807) is 12.1 Å². The van der Waals surface area contributed by atoms with Crippen LogP contribution in [0.2, 0.25) is 0 Å². The molecule has 1 heteroatoms. The van der Waals surface area contributed by atoms with Crippen LogP contribution in [0, 0.1) is 0 Å². The molecule has 0 amide bonds. The van der Waals surface area contributed by atoms with E-state index in [0.29, 0.717) is 18.4 Å². The highest BCUT2D eigenvalue weighted by molar-refractivity contribution is 5.34. The van der Waals surface area contributed by atoms with Crippen LogP contribution in [-0.2, 0) is 6.40 Å². The second kappa shape index (κ2) is 2.33. The molecule has 0 aromatic heterocycles. The molecular formula is C9H10O. The molecule has 1 aliphatic rings. The Balaban J connectivity index is 2.46. The highest BCUT2D eigenvalue weighted by Crippen LogP contribution is 2.22. The van der Waals surface area contributed by atoms with Crippen LogP contribution in [-0.4, -0.2) is 6.61 Å². The molecule has 0 N–H and O–H groups in total. The quantitative estimate of drug-likeness (QED) is 0.530. The number of fused-ring (bicyclic) bond motifs is 1. The molecule has 1 heterocycles. The number of benzene rings is 1. The lowest BCUT2D eigenvalue weighted by atomic mass is 10.1. The third kappa shape index (κ3) is 0.878. The van der Waals surface area contributed by atoms with Gasteiger partial charge in [0.15, 0.2) is 0 Å². The predicted octanol–water partition coefficient (Wildman–Crippen LogP) is 2.01. The number of hydrogen-bond donors (Lipinski definition) is 0. The maximum atomic E-state index is 7.68. The Morgan fingerprint density at radius 1 is 1.60 bits per heavy atom. The van der Waals surface area contributed by atoms with Crippen molar-refractivity contribution in [3.63, 3.8) is 0 Å². The van der Waals surface area contributed by atoms with Gasteiger partial charge in [0, 0.05) is 1.37 Å². The van der Waals surface area contributed by atoms with Crippen molar-refractivity contribution in [3.8, 4) is 5.75 Å². The van der Waals surface area contributed by atoms with Gasteiger partial charge in [-0.1, -0.05) is 18.2 Å². The van der Waals surface area contributed by atoms with Crippen LogP contribution in [0.1, 0.15) is 14.7 Å². The van der Waals surface area contributed by atoms with Crippen LogP contribution >= 0.6 is 0 Å². The molecule has 0 radical (unpaired) electrons. The molecule has 1 nitrogen and oxygen atoms in total. The average molecular weight is 136 g/mol. The molecule has 1 unspecified atom stereocenters. The number of rotatable bonds is 0. The van der Waals surface area contributed by atoms with Gasteiger partial charge in [-0.25, -0.2) is 0 Å². The molecule has 0 saturated heterocycles. The zero-order chi connectivity index (χ0) is 8.55. The SMILES string of the molecule is [2H]c1ccc2c(c1)OCCC2[2H]. The van der Waals surface area contributed by atoms with Crippen LogP contribution in [0.5, 0.6) is 5.75 Å². The van der Waals surface area contributed by atoms with E-state index in [9.17, 15) is 0 Å². The summed E-state index contributed by atoms with van der Waals surface area (Å²) in [6.45, 7) is 0.602. The van der Waals surface area contributed by atoms with Crippen molar-refractivity contribution >= 4 is 0 Å². The first kappa shape index (κ1) is 4.02. The lowest BCUT2D eigenvalue weighted by molar-refractivity contribution is 0.288. The Bertz CT molecular complexity index is 299. The number of para-hydroxylation sites is 1. The summed E-state index contributed by atoms with van der Waals surface area (Å²) < 4.78 is 20.4. The Labute approximate surface area is 63.4 Å². The first-order valence-corrected chi connectivity index (χ1v) is 3.43. The van der Waals surface area contributed by atoms with E-state index in [4.69, 9.17) is 7.48 Å². The first-order valence-electron chi connectivity index (χ1n) is 4.51. The van der Waals surface area contributed by atoms with Crippen LogP contribution in [0.3, 0.4) is 0 Å². The van der Waals surface area contributed by atoms with Gasteiger partial charge in [0.05, 0.1) is 7.98 Å². The van der Waals surface area contributed by atoms with Crippen molar-refractivity contribution in [1.82, 2.24) is 0 Å². The molecule has 0 spiro atoms. The molecule has 0 fully saturated rings. The van der Waals surface area contributed by atoms with E-state index in [-0.39, 0.29) is 6.40 Å². The summed E-state index contributed by atoms with van der Waals surface area (Å²) in [6.07, 6.45) is 0.582. The van der Waals surface area contributed by atoms with Crippen LogP contribution in [0.4, 0.5) is 0 Å².